The molecule has 4 rings (SSSR count). The molecule has 130 valence electrons. The van der Waals surface area contributed by atoms with E-state index in [1.165, 1.54) is 22.2 Å². The minimum absolute atomic E-state index is 0.0266. The summed E-state index contributed by atoms with van der Waals surface area (Å²) in [7, 11) is 0. The summed E-state index contributed by atoms with van der Waals surface area (Å²) in [5.41, 5.74) is 6.43. The van der Waals surface area contributed by atoms with Gasteiger partial charge in [-0.05, 0) is 30.3 Å². The highest BCUT2D eigenvalue weighted by atomic mass is 32.1. The molecule has 1 aliphatic rings. The Labute approximate surface area is 152 Å². The van der Waals surface area contributed by atoms with Crippen molar-refractivity contribution in [1.82, 2.24) is 14.5 Å². The lowest BCUT2D eigenvalue weighted by Gasteiger charge is -2.16. The molecule has 4 heterocycles. The van der Waals surface area contributed by atoms with Crippen LogP contribution in [-0.2, 0) is 11.3 Å². The highest BCUT2D eigenvalue weighted by Crippen LogP contribution is 2.33. The predicted octanol–water partition coefficient (Wildman–Crippen LogP) is 1.99. The Balaban J connectivity index is 1.65. The molecule has 1 atom stereocenters. The van der Waals surface area contributed by atoms with E-state index in [4.69, 9.17) is 5.73 Å². The van der Waals surface area contributed by atoms with Gasteiger partial charge in [-0.15, -0.1) is 22.7 Å². The highest BCUT2D eigenvalue weighted by Gasteiger charge is 2.25. The second-order valence-corrected chi connectivity index (χ2v) is 8.02. The van der Waals surface area contributed by atoms with Gasteiger partial charge in [0.05, 0.1) is 11.7 Å². The van der Waals surface area contributed by atoms with Crippen molar-refractivity contribution in [2.24, 2.45) is 11.7 Å². The van der Waals surface area contributed by atoms with Crippen molar-refractivity contribution < 1.29 is 4.79 Å². The van der Waals surface area contributed by atoms with E-state index in [2.05, 4.69) is 4.98 Å². The quantitative estimate of drug-likeness (QED) is 0.757. The molecule has 0 aliphatic carbocycles. The standard InChI is InChI=1S/C17H18N4O2S2/c18-6-11-3-4-20(7-11)14(22)8-21-10-19-16-15(17(21)23)12(9-25-16)13-2-1-5-24-13/h1-2,5,9-11H,3-4,6-8,18H2. The van der Waals surface area contributed by atoms with Crippen molar-refractivity contribution in [3.8, 4) is 10.4 Å². The van der Waals surface area contributed by atoms with E-state index in [-0.39, 0.29) is 18.0 Å². The van der Waals surface area contributed by atoms with Crippen molar-refractivity contribution in [1.29, 1.82) is 0 Å². The molecule has 3 aromatic heterocycles. The zero-order chi connectivity index (χ0) is 17.4. The maximum Gasteiger partial charge on any atom is 0.263 e. The van der Waals surface area contributed by atoms with Gasteiger partial charge in [-0.25, -0.2) is 4.98 Å². The number of nitrogens with two attached hydrogens (primary N) is 1. The number of amides is 1. The minimum Gasteiger partial charge on any atom is -0.341 e. The zero-order valence-electron chi connectivity index (χ0n) is 13.6. The van der Waals surface area contributed by atoms with Crippen LogP contribution in [0.2, 0.25) is 0 Å². The lowest BCUT2D eigenvalue weighted by molar-refractivity contribution is -0.130. The van der Waals surface area contributed by atoms with Crippen LogP contribution in [0, 0.1) is 5.92 Å². The number of likely N-dealkylation sites (tertiary alicyclic amines) is 1. The largest absolute Gasteiger partial charge is 0.341 e. The van der Waals surface area contributed by atoms with Gasteiger partial charge in [-0.3, -0.25) is 14.2 Å². The number of hydrogen-bond donors (Lipinski definition) is 1. The Hall–Kier alpha value is -2.03. The molecule has 0 aromatic carbocycles. The number of carbonyl (C=O) groups is 1. The van der Waals surface area contributed by atoms with Gasteiger partial charge in [0.2, 0.25) is 5.91 Å². The second kappa shape index (κ2) is 6.70. The third kappa shape index (κ3) is 3.01. The van der Waals surface area contributed by atoms with Gasteiger partial charge in [-0.1, -0.05) is 6.07 Å². The van der Waals surface area contributed by atoms with Crippen LogP contribution in [0.25, 0.3) is 20.7 Å². The molecule has 1 fully saturated rings. The number of hydrogen-bond acceptors (Lipinski definition) is 6. The number of carbonyl (C=O) groups excluding carboxylic acids is 1. The molecule has 8 heteroatoms. The van der Waals surface area contributed by atoms with Crippen molar-refractivity contribution in [3.63, 3.8) is 0 Å². The molecule has 1 unspecified atom stereocenters. The molecular weight excluding hydrogens is 356 g/mol. The Bertz CT molecular complexity index is 961. The summed E-state index contributed by atoms with van der Waals surface area (Å²) in [6, 6.07) is 3.95. The number of aromatic nitrogens is 2. The van der Waals surface area contributed by atoms with E-state index in [9.17, 15) is 9.59 Å². The SMILES string of the molecule is NCC1CCN(C(=O)Cn2cnc3scc(-c4cccs4)c3c2=O)C1. The van der Waals surface area contributed by atoms with Crippen molar-refractivity contribution in [2.75, 3.05) is 19.6 Å². The minimum atomic E-state index is -0.155. The van der Waals surface area contributed by atoms with Crippen LogP contribution in [0.15, 0.2) is 34.0 Å². The van der Waals surface area contributed by atoms with Crippen LogP contribution in [0.5, 0.6) is 0 Å². The van der Waals surface area contributed by atoms with Gasteiger partial charge in [0.1, 0.15) is 11.4 Å². The van der Waals surface area contributed by atoms with Gasteiger partial charge in [0.15, 0.2) is 0 Å². The molecule has 1 saturated heterocycles. The van der Waals surface area contributed by atoms with Crippen molar-refractivity contribution >= 4 is 38.8 Å². The van der Waals surface area contributed by atoms with Crippen LogP contribution in [-0.4, -0.2) is 40.0 Å². The van der Waals surface area contributed by atoms with Gasteiger partial charge in [0.25, 0.3) is 5.56 Å². The molecule has 6 nitrogen and oxygen atoms in total. The first-order valence-electron chi connectivity index (χ1n) is 8.15. The fourth-order valence-corrected chi connectivity index (χ4v) is 4.91. The molecule has 25 heavy (non-hydrogen) atoms. The fourth-order valence-electron chi connectivity index (χ4n) is 3.19. The normalized spacial score (nSPS) is 17.5. The van der Waals surface area contributed by atoms with E-state index >= 15 is 0 Å². The summed E-state index contributed by atoms with van der Waals surface area (Å²) in [5.74, 6) is 0.315. The van der Waals surface area contributed by atoms with Crippen LogP contribution in [0.1, 0.15) is 6.42 Å². The summed E-state index contributed by atoms with van der Waals surface area (Å²) in [5, 5.41) is 4.55. The maximum absolute atomic E-state index is 12.9. The topological polar surface area (TPSA) is 81.2 Å². The average molecular weight is 374 g/mol. The summed E-state index contributed by atoms with van der Waals surface area (Å²) in [4.78, 5) is 33.4. The van der Waals surface area contributed by atoms with E-state index in [0.717, 1.165) is 16.9 Å². The first-order valence-corrected chi connectivity index (χ1v) is 9.91. The number of fused-ring (bicyclic) bond motifs is 1. The third-order valence-electron chi connectivity index (χ3n) is 4.62. The van der Waals surface area contributed by atoms with Crippen LogP contribution < -0.4 is 11.3 Å². The highest BCUT2D eigenvalue weighted by molar-refractivity contribution is 7.18. The summed E-state index contributed by atoms with van der Waals surface area (Å²) in [6.45, 7) is 2.01. The van der Waals surface area contributed by atoms with Crippen molar-refractivity contribution in [2.45, 2.75) is 13.0 Å². The van der Waals surface area contributed by atoms with Crippen LogP contribution in [0.3, 0.4) is 0 Å². The predicted molar refractivity (Wildman–Crippen MR) is 101 cm³/mol. The maximum atomic E-state index is 12.9. The van der Waals surface area contributed by atoms with Gasteiger partial charge < -0.3 is 10.6 Å². The summed E-state index contributed by atoms with van der Waals surface area (Å²) in [6.07, 6.45) is 2.41. The monoisotopic (exact) mass is 374 g/mol. The Morgan fingerprint density at radius 1 is 1.40 bits per heavy atom. The fraction of sp³-hybridized carbons (Fsp3) is 0.353. The smallest absolute Gasteiger partial charge is 0.263 e. The summed E-state index contributed by atoms with van der Waals surface area (Å²) < 4.78 is 1.42. The van der Waals surface area contributed by atoms with Crippen LogP contribution >= 0.6 is 22.7 Å². The number of nitrogens with zero attached hydrogens (tertiary/aromatic N) is 3. The lowest BCUT2D eigenvalue weighted by Crippen LogP contribution is -2.35. The Morgan fingerprint density at radius 3 is 3.00 bits per heavy atom. The van der Waals surface area contributed by atoms with E-state index < -0.39 is 0 Å². The second-order valence-electron chi connectivity index (χ2n) is 6.21. The lowest BCUT2D eigenvalue weighted by atomic mass is 10.1. The molecule has 1 amide bonds. The molecule has 1 aliphatic heterocycles. The van der Waals surface area contributed by atoms with Gasteiger partial charge in [0, 0.05) is 28.9 Å². The zero-order valence-corrected chi connectivity index (χ0v) is 15.2. The molecule has 0 spiro atoms. The number of thiophene rings is 2. The Morgan fingerprint density at radius 2 is 2.28 bits per heavy atom. The Kier molecular flexibility index (Phi) is 4.41. The number of rotatable bonds is 4. The first-order chi connectivity index (χ1) is 12.2. The van der Waals surface area contributed by atoms with Gasteiger partial charge >= 0.3 is 0 Å². The molecule has 0 radical (unpaired) electrons. The third-order valence-corrected chi connectivity index (χ3v) is 6.41. The van der Waals surface area contributed by atoms with Gasteiger partial charge in [-0.2, -0.15) is 0 Å². The van der Waals surface area contributed by atoms with E-state index in [0.29, 0.717) is 35.8 Å². The molecule has 3 aromatic rings. The van der Waals surface area contributed by atoms with Crippen LogP contribution in [0.4, 0.5) is 0 Å². The molecular formula is C17H18N4O2S2. The van der Waals surface area contributed by atoms with Crippen molar-refractivity contribution in [3.05, 3.63) is 39.6 Å². The molecule has 2 N–H and O–H groups in total. The van der Waals surface area contributed by atoms with E-state index in [1.807, 2.05) is 22.9 Å². The summed E-state index contributed by atoms with van der Waals surface area (Å²) >= 11 is 3.05. The average Bonchev–Trinajstić information content (AvgIpc) is 3.36. The molecule has 0 saturated carbocycles. The van der Waals surface area contributed by atoms with E-state index in [1.54, 1.807) is 16.2 Å². The molecule has 0 bridgehead atoms. The first kappa shape index (κ1) is 16.4.